The van der Waals surface area contributed by atoms with Crippen molar-refractivity contribution < 1.29 is 4.79 Å². The minimum atomic E-state index is 0.624. The largest absolute Gasteiger partial charge is 0.298 e. The third kappa shape index (κ3) is 1.54. The summed E-state index contributed by atoms with van der Waals surface area (Å²) in [6, 6.07) is 3.41. The number of nitrogens with zero attached hydrogens (tertiary/aromatic N) is 3. The van der Waals surface area contributed by atoms with E-state index in [0.29, 0.717) is 5.56 Å². The van der Waals surface area contributed by atoms with Gasteiger partial charge in [0.1, 0.15) is 6.29 Å². The second-order valence-electron chi connectivity index (χ2n) is 2.99. The molecule has 0 aromatic carbocycles. The Morgan fingerprint density at radius 1 is 1.50 bits per heavy atom. The molecule has 0 unspecified atom stereocenters. The number of aromatic nitrogens is 3. The van der Waals surface area contributed by atoms with Crippen LogP contribution in [-0.2, 0) is 7.05 Å². The maximum atomic E-state index is 10.5. The summed E-state index contributed by atoms with van der Waals surface area (Å²) in [4.78, 5) is 14.7. The van der Waals surface area contributed by atoms with Gasteiger partial charge in [0.2, 0.25) is 0 Å². The van der Waals surface area contributed by atoms with E-state index in [1.165, 1.54) is 0 Å². The first-order valence-electron chi connectivity index (χ1n) is 4.20. The Morgan fingerprint density at radius 2 is 2.36 bits per heavy atom. The third-order valence-electron chi connectivity index (χ3n) is 1.92. The summed E-state index contributed by atoms with van der Waals surface area (Å²) in [5.74, 6) is 0. The summed E-state index contributed by atoms with van der Waals surface area (Å²) in [7, 11) is 1.84. The normalized spacial score (nSPS) is 10.1. The number of aryl methyl sites for hydroxylation is 1. The first-order valence-corrected chi connectivity index (χ1v) is 4.20. The zero-order valence-corrected chi connectivity index (χ0v) is 7.71. The number of hydrogen-bond donors (Lipinski definition) is 0. The van der Waals surface area contributed by atoms with E-state index in [0.717, 1.165) is 17.5 Å². The molecule has 2 aromatic heterocycles. The highest BCUT2D eigenvalue weighted by molar-refractivity contribution is 5.77. The van der Waals surface area contributed by atoms with Gasteiger partial charge in [-0.15, -0.1) is 0 Å². The van der Waals surface area contributed by atoms with E-state index in [4.69, 9.17) is 0 Å². The van der Waals surface area contributed by atoms with Crippen LogP contribution in [0.3, 0.4) is 0 Å². The molecule has 4 heteroatoms. The quantitative estimate of drug-likeness (QED) is 0.665. The lowest BCUT2D eigenvalue weighted by atomic mass is 10.2. The molecule has 2 rings (SSSR count). The Balaban J connectivity index is 2.46. The molecule has 0 radical (unpaired) electrons. The van der Waals surface area contributed by atoms with Crippen molar-refractivity contribution in [3.63, 3.8) is 0 Å². The zero-order valence-electron chi connectivity index (χ0n) is 7.71. The predicted octanol–water partition coefficient (Wildman–Crippen LogP) is 1.29. The average molecular weight is 187 g/mol. The lowest BCUT2D eigenvalue weighted by Crippen LogP contribution is -1.86. The van der Waals surface area contributed by atoms with Crippen molar-refractivity contribution in [3.8, 4) is 11.3 Å². The van der Waals surface area contributed by atoms with Crippen molar-refractivity contribution in [2.75, 3.05) is 0 Å². The molecule has 0 atom stereocenters. The summed E-state index contributed by atoms with van der Waals surface area (Å²) < 4.78 is 1.70. The summed E-state index contributed by atoms with van der Waals surface area (Å²) in [5.41, 5.74) is 2.30. The van der Waals surface area contributed by atoms with Gasteiger partial charge in [-0.3, -0.25) is 14.5 Å². The summed E-state index contributed by atoms with van der Waals surface area (Å²) in [6.45, 7) is 0. The smallest absolute Gasteiger partial charge is 0.150 e. The van der Waals surface area contributed by atoms with Gasteiger partial charge in [-0.1, -0.05) is 0 Å². The Labute approximate surface area is 81.2 Å². The molecule has 0 saturated carbocycles. The van der Waals surface area contributed by atoms with Crippen molar-refractivity contribution in [3.05, 3.63) is 36.3 Å². The second kappa shape index (κ2) is 3.41. The van der Waals surface area contributed by atoms with Crippen LogP contribution < -0.4 is 0 Å². The molecule has 2 heterocycles. The van der Waals surface area contributed by atoms with E-state index >= 15 is 0 Å². The molecular weight excluding hydrogens is 178 g/mol. The monoisotopic (exact) mass is 187 g/mol. The van der Waals surface area contributed by atoms with Crippen LogP contribution >= 0.6 is 0 Å². The van der Waals surface area contributed by atoms with Gasteiger partial charge in [0.05, 0.1) is 11.9 Å². The van der Waals surface area contributed by atoms with Gasteiger partial charge >= 0.3 is 0 Å². The third-order valence-corrected chi connectivity index (χ3v) is 1.92. The van der Waals surface area contributed by atoms with Crippen molar-refractivity contribution >= 4 is 6.29 Å². The van der Waals surface area contributed by atoms with Crippen molar-refractivity contribution in [2.45, 2.75) is 0 Å². The molecule has 4 nitrogen and oxygen atoms in total. The molecule has 0 bridgehead atoms. The van der Waals surface area contributed by atoms with E-state index in [-0.39, 0.29) is 0 Å². The fraction of sp³-hybridized carbons (Fsp3) is 0.100. The average Bonchev–Trinajstić information content (AvgIpc) is 2.65. The van der Waals surface area contributed by atoms with Crippen molar-refractivity contribution in [1.82, 2.24) is 14.8 Å². The predicted molar refractivity (Wildman–Crippen MR) is 51.8 cm³/mol. The van der Waals surface area contributed by atoms with Crippen LogP contribution in [0.4, 0.5) is 0 Å². The Bertz CT molecular complexity index is 462. The van der Waals surface area contributed by atoms with Crippen LogP contribution in [0.15, 0.2) is 30.7 Å². The second-order valence-corrected chi connectivity index (χ2v) is 2.99. The maximum absolute atomic E-state index is 10.5. The van der Waals surface area contributed by atoms with E-state index in [2.05, 4.69) is 10.1 Å². The Hall–Kier alpha value is -1.97. The van der Waals surface area contributed by atoms with E-state index in [1.54, 1.807) is 29.2 Å². The van der Waals surface area contributed by atoms with Crippen LogP contribution in [0.5, 0.6) is 0 Å². The summed E-state index contributed by atoms with van der Waals surface area (Å²) in [5, 5.41) is 4.04. The number of carbonyl (C=O) groups excluding carboxylic acids is 1. The highest BCUT2D eigenvalue weighted by Gasteiger charge is 2.01. The first-order chi connectivity index (χ1) is 6.79. The van der Waals surface area contributed by atoms with Crippen LogP contribution in [0.1, 0.15) is 10.4 Å². The number of hydrogen-bond acceptors (Lipinski definition) is 3. The standard InChI is InChI=1S/C10H9N3O/c1-13-6-9(5-12-13)10-4-8(7-14)2-3-11-10/h2-7H,1H3. The van der Waals surface area contributed by atoms with E-state index in [9.17, 15) is 4.79 Å². The molecule has 2 aromatic rings. The molecule has 0 amide bonds. The molecule has 0 aliphatic heterocycles. The fourth-order valence-electron chi connectivity index (χ4n) is 1.23. The number of carbonyl (C=O) groups is 1. The molecule has 0 fully saturated rings. The maximum Gasteiger partial charge on any atom is 0.150 e. The minimum Gasteiger partial charge on any atom is -0.298 e. The highest BCUT2D eigenvalue weighted by Crippen LogP contribution is 2.15. The SMILES string of the molecule is Cn1cc(-c2cc(C=O)ccn2)cn1. The van der Waals surface area contributed by atoms with E-state index in [1.807, 2.05) is 13.2 Å². The van der Waals surface area contributed by atoms with E-state index < -0.39 is 0 Å². The first kappa shape index (κ1) is 8.62. The number of rotatable bonds is 2. The zero-order chi connectivity index (χ0) is 9.97. The van der Waals surface area contributed by atoms with Crippen LogP contribution in [0.25, 0.3) is 11.3 Å². The molecule has 0 saturated heterocycles. The molecule has 70 valence electrons. The Morgan fingerprint density at radius 3 is 3.00 bits per heavy atom. The van der Waals surface area contributed by atoms with Crippen LogP contribution in [0, 0.1) is 0 Å². The molecule has 0 aliphatic carbocycles. The molecular formula is C10H9N3O. The van der Waals surface area contributed by atoms with Crippen LogP contribution in [-0.4, -0.2) is 21.1 Å². The Kier molecular flexibility index (Phi) is 2.10. The lowest BCUT2D eigenvalue weighted by molar-refractivity contribution is 0.112. The molecule has 14 heavy (non-hydrogen) atoms. The van der Waals surface area contributed by atoms with Gasteiger partial charge in [-0.2, -0.15) is 5.10 Å². The number of aldehydes is 1. The molecule has 0 aliphatic rings. The fourth-order valence-corrected chi connectivity index (χ4v) is 1.23. The summed E-state index contributed by atoms with van der Waals surface area (Å²) >= 11 is 0. The highest BCUT2D eigenvalue weighted by atomic mass is 16.1. The van der Waals surface area contributed by atoms with Gasteiger partial charge in [0.15, 0.2) is 0 Å². The van der Waals surface area contributed by atoms with Crippen LogP contribution in [0.2, 0.25) is 0 Å². The molecule has 0 N–H and O–H groups in total. The van der Waals surface area contributed by atoms with Gasteiger partial charge in [0.25, 0.3) is 0 Å². The lowest BCUT2D eigenvalue weighted by Gasteiger charge is -1.95. The van der Waals surface area contributed by atoms with Gasteiger partial charge in [-0.25, -0.2) is 0 Å². The topological polar surface area (TPSA) is 47.8 Å². The van der Waals surface area contributed by atoms with Crippen molar-refractivity contribution in [1.29, 1.82) is 0 Å². The summed E-state index contributed by atoms with van der Waals surface area (Å²) in [6.07, 6.45) is 6.00. The van der Waals surface area contributed by atoms with Gasteiger partial charge in [0, 0.05) is 30.6 Å². The van der Waals surface area contributed by atoms with Gasteiger partial charge < -0.3 is 0 Å². The number of pyridine rings is 1. The van der Waals surface area contributed by atoms with Crippen molar-refractivity contribution in [2.24, 2.45) is 7.05 Å². The minimum absolute atomic E-state index is 0.624. The molecule has 0 spiro atoms. The van der Waals surface area contributed by atoms with Gasteiger partial charge in [-0.05, 0) is 12.1 Å².